The number of phosphoric acid groups is 1. The molecule has 0 fully saturated rings. The third-order valence-corrected chi connectivity index (χ3v) is 5.70. The van der Waals surface area contributed by atoms with E-state index in [4.69, 9.17) is 19.7 Å². The number of nitrogens with two attached hydrogens (primary N) is 1. The van der Waals surface area contributed by atoms with Gasteiger partial charge in [0.05, 0.1) is 13.2 Å². The molecule has 190 valence electrons. The summed E-state index contributed by atoms with van der Waals surface area (Å²) < 4.78 is 31.7. The van der Waals surface area contributed by atoms with Crippen LogP contribution in [0.4, 0.5) is 0 Å². The highest BCUT2D eigenvalue weighted by atomic mass is 31.2. The van der Waals surface area contributed by atoms with E-state index in [2.05, 4.69) is 11.4 Å². The van der Waals surface area contributed by atoms with Gasteiger partial charge in [0.15, 0.2) is 6.10 Å². The normalized spacial score (nSPS) is 14.0. The Kier molecular flexibility index (Phi) is 20.0. The van der Waals surface area contributed by atoms with Crippen molar-refractivity contribution in [1.82, 2.24) is 0 Å². The summed E-state index contributed by atoms with van der Waals surface area (Å²) in [6.45, 7) is 3.27. The number of hydrogen-bond donors (Lipinski definition) is 2. The van der Waals surface area contributed by atoms with Gasteiger partial charge in [-0.25, -0.2) is 4.57 Å². The van der Waals surface area contributed by atoms with Crippen LogP contribution in [0.1, 0.15) is 97.3 Å². The Morgan fingerprint density at radius 3 is 1.97 bits per heavy atom. The van der Waals surface area contributed by atoms with Gasteiger partial charge in [0.1, 0.15) is 6.61 Å². The summed E-state index contributed by atoms with van der Waals surface area (Å²) in [5, 5.41) is 0. The molecule has 0 saturated heterocycles. The largest absolute Gasteiger partial charge is 0.472 e. The molecule has 2 atom stereocenters. The lowest BCUT2D eigenvalue weighted by Crippen LogP contribution is -2.29. The SMILES string of the molecule is CCCCCCCCCCCCC(=O)OC(COC(=O)CCC)COP(=O)(O)OCCN. The van der Waals surface area contributed by atoms with E-state index in [9.17, 15) is 19.0 Å². The molecule has 9 nitrogen and oxygen atoms in total. The Bertz CT molecular complexity index is 532. The Hall–Kier alpha value is -0.990. The predicted molar refractivity (Wildman–Crippen MR) is 123 cm³/mol. The number of ether oxygens (including phenoxy) is 2. The number of hydrogen-bond acceptors (Lipinski definition) is 8. The monoisotopic (exact) mass is 481 g/mol. The van der Waals surface area contributed by atoms with Crippen molar-refractivity contribution < 1.29 is 37.6 Å². The minimum Gasteiger partial charge on any atom is -0.462 e. The van der Waals surface area contributed by atoms with Crippen molar-refractivity contribution in [2.45, 2.75) is 103 Å². The van der Waals surface area contributed by atoms with E-state index in [0.29, 0.717) is 12.8 Å². The number of carbonyl (C=O) groups is 2. The maximum absolute atomic E-state index is 12.2. The van der Waals surface area contributed by atoms with Gasteiger partial charge in [-0.1, -0.05) is 71.6 Å². The van der Waals surface area contributed by atoms with Crippen molar-refractivity contribution in [3.8, 4) is 0 Å². The van der Waals surface area contributed by atoms with E-state index < -0.39 is 32.5 Å². The highest BCUT2D eigenvalue weighted by Crippen LogP contribution is 2.43. The van der Waals surface area contributed by atoms with Gasteiger partial charge >= 0.3 is 19.8 Å². The third-order valence-electron chi connectivity index (χ3n) is 4.71. The fourth-order valence-corrected chi connectivity index (χ4v) is 3.73. The van der Waals surface area contributed by atoms with Gasteiger partial charge in [-0.2, -0.15) is 0 Å². The minimum absolute atomic E-state index is 0.0554. The standard InChI is InChI=1S/C22H44NO8P/c1-3-5-6-7-8-9-10-11-12-13-15-22(25)31-20(18-28-21(24)14-4-2)19-30-32(26,27)29-17-16-23/h20H,3-19,23H2,1-2H3,(H,26,27). The lowest BCUT2D eigenvalue weighted by Gasteiger charge is -2.19. The molecule has 0 amide bonds. The van der Waals surface area contributed by atoms with E-state index in [0.717, 1.165) is 12.8 Å². The van der Waals surface area contributed by atoms with Crippen LogP contribution in [0.25, 0.3) is 0 Å². The first-order valence-corrected chi connectivity index (χ1v) is 13.5. The van der Waals surface area contributed by atoms with E-state index in [1.807, 2.05) is 6.92 Å². The first-order valence-electron chi connectivity index (χ1n) is 12.0. The third kappa shape index (κ3) is 19.7. The molecule has 0 aromatic carbocycles. The molecule has 0 radical (unpaired) electrons. The molecule has 0 heterocycles. The average molecular weight is 482 g/mol. The van der Waals surface area contributed by atoms with Gasteiger partial charge in [0, 0.05) is 19.4 Å². The topological polar surface area (TPSA) is 134 Å². The van der Waals surface area contributed by atoms with Gasteiger partial charge in [-0.15, -0.1) is 0 Å². The van der Waals surface area contributed by atoms with Crippen LogP contribution in [0.5, 0.6) is 0 Å². The smallest absolute Gasteiger partial charge is 0.462 e. The van der Waals surface area contributed by atoms with Crippen LogP contribution in [-0.2, 0) is 32.7 Å². The second-order valence-electron chi connectivity index (χ2n) is 7.86. The molecule has 0 aliphatic rings. The molecule has 0 aromatic heterocycles. The number of phosphoric ester groups is 1. The highest BCUT2D eigenvalue weighted by molar-refractivity contribution is 7.47. The Morgan fingerprint density at radius 2 is 1.41 bits per heavy atom. The Labute approximate surface area is 193 Å². The second kappa shape index (κ2) is 20.6. The average Bonchev–Trinajstić information content (AvgIpc) is 2.75. The summed E-state index contributed by atoms with van der Waals surface area (Å²) in [4.78, 5) is 33.4. The number of esters is 2. The fourth-order valence-electron chi connectivity index (χ4n) is 2.96. The molecule has 2 unspecified atom stereocenters. The maximum Gasteiger partial charge on any atom is 0.472 e. The lowest BCUT2D eigenvalue weighted by molar-refractivity contribution is -0.161. The summed E-state index contributed by atoms with van der Waals surface area (Å²) >= 11 is 0. The van der Waals surface area contributed by atoms with Gasteiger partial charge in [0.25, 0.3) is 0 Å². The van der Waals surface area contributed by atoms with Crippen LogP contribution < -0.4 is 5.73 Å². The molecular weight excluding hydrogens is 437 g/mol. The Balaban J connectivity index is 4.23. The minimum atomic E-state index is -4.32. The molecule has 0 spiro atoms. The molecule has 32 heavy (non-hydrogen) atoms. The maximum atomic E-state index is 12.2. The number of carbonyl (C=O) groups excluding carboxylic acids is 2. The number of rotatable bonds is 22. The first-order chi connectivity index (χ1) is 15.3. The van der Waals surface area contributed by atoms with Crippen molar-refractivity contribution >= 4 is 19.8 Å². The zero-order valence-electron chi connectivity index (χ0n) is 19.9. The molecule has 0 rings (SSSR count). The molecule has 0 bridgehead atoms. The van der Waals surface area contributed by atoms with Crippen LogP contribution in [0.3, 0.4) is 0 Å². The van der Waals surface area contributed by atoms with Gasteiger partial charge in [0.2, 0.25) is 0 Å². The first kappa shape index (κ1) is 31.0. The molecule has 3 N–H and O–H groups in total. The summed E-state index contributed by atoms with van der Waals surface area (Å²) in [5.41, 5.74) is 5.24. The Morgan fingerprint density at radius 1 is 0.812 bits per heavy atom. The molecule has 0 aromatic rings. The van der Waals surface area contributed by atoms with Crippen molar-refractivity contribution in [3.05, 3.63) is 0 Å². The van der Waals surface area contributed by atoms with Crippen molar-refractivity contribution in [2.75, 3.05) is 26.4 Å². The summed E-state index contributed by atoms with van der Waals surface area (Å²) in [7, 11) is -4.32. The molecule has 0 saturated carbocycles. The zero-order chi connectivity index (χ0) is 24.1. The van der Waals surface area contributed by atoms with Crippen LogP contribution in [0.15, 0.2) is 0 Å². The van der Waals surface area contributed by atoms with Crippen LogP contribution in [0.2, 0.25) is 0 Å². The fraction of sp³-hybridized carbons (Fsp3) is 0.909. The molecule has 0 aliphatic heterocycles. The van der Waals surface area contributed by atoms with E-state index in [1.165, 1.54) is 44.9 Å². The highest BCUT2D eigenvalue weighted by Gasteiger charge is 2.25. The van der Waals surface area contributed by atoms with Crippen molar-refractivity contribution in [3.63, 3.8) is 0 Å². The summed E-state index contributed by atoms with van der Waals surface area (Å²) in [6, 6.07) is 0. The predicted octanol–water partition coefficient (Wildman–Crippen LogP) is 4.64. The molecule has 0 aliphatic carbocycles. The zero-order valence-corrected chi connectivity index (χ0v) is 20.8. The quantitative estimate of drug-likeness (QED) is 0.129. The van der Waals surface area contributed by atoms with Crippen LogP contribution >= 0.6 is 7.82 Å². The van der Waals surface area contributed by atoms with Crippen molar-refractivity contribution in [1.29, 1.82) is 0 Å². The van der Waals surface area contributed by atoms with Crippen LogP contribution in [0, 0.1) is 0 Å². The van der Waals surface area contributed by atoms with E-state index >= 15 is 0 Å². The van der Waals surface area contributed by atoms with E-state index in [1.54, 1.807) is 0 Å². The molecular formula is C22H44NO8P. The van der Waals surface area contributed by atoms with Gasteiger partial charge in [-0.3, -0.25) is 18.6 Å². The van der Waals surface area contributed by atoms with Crippen molar-refractivity contribution in [2.24, 2.45) is 5.73 Å². The lowest BCUT2D eigenvalue weighted by atomic mass is 10.1. The van der Waals surface area contributed by atoms with Gasteiger partial charge in [-0.05, 0) is 12.8 Å². The van der Waals surface area contributed by atoms with E-state index in [-0.39, 0.29) is 32.6 Å². The van der Waals surface area contributed by atoms with Gasteiger partial charge < -0.3 is 20.1 Å². The number of unbranched alkanes of at least 4 members (excludes halogenated alkanes) is 9. The molecule has 10 heteroatoms. The summed E-state index contributed by atoms with van der Waals surface area (Å²) in [5.74, 6) is -0.893. The van der Waals surface area contributed by atoms with Crippen LogP contribution in [-0.4, -0.2) is 49.3 Å². The second-order valence-corrected chi connectivity index (χ2v) is 9.32. The summed E-state index contributed by atoms with van der Waals surface area (Å²) in [6.07, 6.45) is 11.7.